The highest BCUT2D eigenvalue weighted by atomic mass is 15.3. The van der Waals surface area contributed by atoms with E-state index in [4.69, 9.17) is 12.6 Å². The molecule has 0 unspecified atom stereocenters. The minimum absolute atomic E-state index is 0.305. The van der Waals surface area contributed by atoms with Crippen LogP contribution in [0.15, 0.2) is 30.7 Å². The lowest BCUT2D eigenvalue weighted by molar-refractivity contribution is 0.874. The second-order valence-electron chi connectivity index (χ2n) is 2.45. The summed E-state index contributed by atoms with van der Waals surface area (Å²) in [7, 11) is 0. The molecule has 0 aliphatic carbocycles. The summed E-state index contributed by atoms with van der Waals surface area (Å²) >= 11 is 0. The van der Waals surface area contributed by atoms with E-state index in [0.29, 0.717) is 11.5 Å². The van der Waals surface area contributed by atoms with Crippen LogP contribution in [0.2, 0.25) is 0 Å². The lowest BCUT2D eigenvalue weighted by Gasteiger charge is -1.99. The number of pyridine rings is 1. The van der Waals surface area contributed by atoms with Crippen LogP contribution in [0.3, 0.4) is 0 Å². The van der Waals surface area contributed by atoms with E-state index in [-0.39, 0.29) is 11.7 Å². The Morgan fingerprint density at radius 3 is 3.15 bits per heavy atom. The summed E-state index contributed by atoms with van der Waals surface area (Å²) < 4.78 is 38.2. The van der Waals surface area contributed by atoms with Gasteiger partial charge in [0.15, 0.2) is 0 Å². The highest BCUT2D eigenvalue weighted by molar-refractivity contribution is 5.36. The summed E-state index contributed by atoms with van der Waals surface area (Å²) in [5, 5.41) is 3.73. The van der Waals surface area contributed by atoms with E-state index in [0.717, 1.165) is 4.68 Å². The predicted octanol–water partition coefficient (Wildman–Crippen LogP) is 1.16. The molecule has 4 heteroatoms. The van der Waals surface area contributed by atoms with Crippen LogP contribution in [0, 0.1) is 6.85 Å². The molecular weight excluding hydrogens is 164 g/mol. The second-order valence-corrected chi connectivity index (χ2v) is 2.45. The normalized spacial score (nSPS) is 16.8. The van der Waals surface area contributed by atoms with E-state index in [9.17, 15) is 0 Å². The molecule has 0 bridgehead atoms. The number of aromatic nitrogens is 3. The fraction of sp³-hybridized carbons (Fsp3) is 0.111. The van der Waals surface area contributed by atoms with Gasteiger partial charge in [-0.15, -0.1) is 0 Å². The number of nitrogens with two attached hydrogens (primary N) is 1. The zero-order valence-electron chi connectivity index (χ0n) is 11.7. The Kier molecular flexibility index (Phi) is 0.871. The van der Waals surface area contributed by atoms with Gasteiger partial charge in [-0.2, -0.15) is 5.10 Å². The standard InChI is InChI=1S/C9H10N4/c1-7-4-12-13(6-7)8-2-3-9(10)11-5-8/h2-6H,1H3,(H2,10,11)/i1D3,4D,6D. The fourth-order valence-electron chi connectivity index (χ4n) is 0.901. The molecule has 13 heavy (non-hydrogen) atoms. The number of hydrogen-bond donors (Lipinski definition) is 1. The third kappa shape index (κ3) is 1.51. The molecule has 0 fully saturated rings. The van der Waals surface area contributed by atoms with Crippen molar-refractivity contribution in [2.75, 3.05) is 5.73 Å². The van der Waals surface area contributed by atoms with Crippen molar-refractivity contribution in [3.05, 3.63) is 36.2 Å². The SMILES string of the molecule is [2H]c1nn(-c2ccc(N)nc2)c([2H])c1C([2H])([2H])[2H]. The Morgan fingerprint density at radius 1 is 1.62 bits per heavy atom. The molecule has 2 heterocycles. The smallest absolute Gasteiger partial charge is 0.123 e. The Labute approximate surface area is 83.0 Å². The minimum Gasteiger partial charge on any atom is -0.384 e. The van der Waals surface area contributed by atoms with Crippen molar-refractivity contribution in [2.45, 2.75) is 6.85 Å². The van der Waals surface area contributed by atoms with Gasteiger partial charge >= 0.3 is 0 Å². The summed E-state index contributed by atoms with van der Waals surface area (Å²) in [6.07, 6.45) is 0.590. The quantitative estimate of drug-likeness (QED) is 0.714. The number of anilines is 1. The van der Waals surface area contributed by atoms with Gasteiger partial charge in [0.1, 0.15) is 5.82 Å². The van der Waals surface area contributed by atoms with Gasteiger partial charge in [-0.1, -0.05) is 0 Å². The zero-order chi connectivity index (χ0) is 13.5. The van der Waals surface area contributed by atoms with Crippen LogP contribution in [0.1, 0.15) is 12.4 Å². The third-order valence-electron chi connectivity index (χ3n) is 1.49. The Balaban J connectivity index is 2.57. The summed E-state index contributed by atoms with van der Waals surface area (Å²) in [5.41, 5.74) is 5.44. The van der Waals surface area contributed by atoms with E-state index >= 15 is 0 Å². The molecule has 2 rings (SSSR count). The molecule has 2 aromatic rings. The Hall–Kier alpha value is -1.84. The molecule has 0 aliphatic heterocycles. The highest BCUT2D eigenvalue weighted by Crippen LogP contribution is 2.07. The second kappa shape index (κ2) is 2.90. The molecule has 2 N–H and O–H groups in total. The lowest BCUT2D eigenvalue weighted by Crippen LogP contribution is -1.96. The molecular formula is C9H10N4. The van der Waals surface area contributed by atoms with Crippen LogP contribution in [0.25, 0.3) is 5.69 Å². The zero-order valence-corrected chi connectivity index (χ0v) is 6.65. The maximum Gasteiger partial charge on any atom is 0.123 e. The van der Waals surface area contributed by atoms with Gasteiger partial charge in [-0.3, -0.25) is 0 Å². The van der Waals surface area contributed by atoms with E-state index in [1.165, 1.54) is 12.3 Å². The molecule has 66 valence electrons. The minimum atomic E-state index is -2.53. The van der Waals surface area contributed by atoms with Crippen molar-refractivity contribution in [1.29, 1.82) is 0 Å². The number of rotatable bonds is 1. The molecule has 0 amide bonds. The van der Waals surface area contributed by atoms with Gasteiger partial charge in [-0.25, -0.2) is 9.67 Å². The number of hydrogen-bond acceptors (Lipinski definition) is 3. The van der Waals surface area contributed by atoms with Crippen LogP contribution in [-0.2, 0) is 0 Å². The first-order chi connectivity index (χ1) is 8.30. The molecule has 0 atom stereocenters. The van der Waals surface area contributed by atoms with Crippen LogP contribution in [0.5, 0.6) is 0 Å². The molecule has 0 aromatic carbocycles. The number of nitrogens with zero attached hydrogens (tertiary/aromatic N) is 3. The van der Waals surface area contributed by atoms with Gasteiger partial charge in [0.05, 0.1) is 20.8 Å². The summed E-state index contributed by atoms with van der Waals surface area (Å²) in [4.78, 5) is 3.83. The molecule has 0 saturated carbocycles. The van der Waals surface area contributed by atoms with Crippen molar-refractivity contribution >= 4 is 5.82 Å². The highest BCUT2D eigenvalue weighted by Gasteiger charge is 1.97. The van der Waals surface area contributed by atoms with Crippen LogP contribution in [-0.4, -0.2) is 14.8 Å². The predicted molar refractivity (Wildman–Crippen MR) is 50.5 cm³/mol. The fourth-order valence-corrected chi connectivity index (χ4v) is 0.901. The molecule has 0 radical (unpaired) electrons. The maximum absolute atomic E-state index is 7.78. The van der Waals surface area contributed by atoms with Crippen LogP contribution < -0.4 is 5.73 Å². The average molecular weight is 179 g/mol. The topological polar surface area (TPSA) is 56.7 Å². The number of nitrogen functional groups attached to an aromatic ring is 1. The van der Waals surface area contributed by atoms with E-state index in [2.05, 4.69) is 10.1 Å². The van der Waals surface area contributed by atoms with Crippen molar-refractivity contribution in [3.63, 3.8) is 0 Å². The van der Waals surface area contributed by atoms with Gasteiger partial charge < -0.3 is 5.73 Å². The van der Waals surface area contributed by atoms with Crippen LogP contribution >= 0.6 is 0 Å². The molecule has 0 saturated heterocycles. The van der Waals surface area contributed by atoms with Crippen LogP contribution in [0.4, 0.5) is 5.82 Å². The van der Waals surface area contributed by atoms with E-state index in [1.807, 2.05) is 0 Å². The molecule has 0 spiro atoms. The van der Waals surface area contributed by atoms with E-state index in [1.54, 1.807) is 6.07 Å². The first-order valence-electron chi connectivity index (χ1n) is 6.09. The third-order valence-corrected chi connectivity index (χ3v) is 1.49. The van der Waals surface area contributed by atoms with Gasteiger partial charge in [0.25, 0.3) is 0 Å². The van der Waals surface area contributed by atoms with E-state index < -0.39 is 13.0 Å². The molecule has 0 aliphatic rings. The van der Waals surface area contributed by atoms with Crippen molar-refractivity contribution in [3.8, 4) is 5.69 Å². The van der Waals surface area contributed by atoms with Gasteiger partial charge in [-0.05, 0) is 24.5 Å². The van der Waals surface area contributed by atoms with Crippen molar-refractivity contribution in [1.82, 2.24) is 14.8 Å². The maximum atomic E-state index is 7.78. The first kappa shape index (κ1) is 3.91. The first-order valence-corrected chi connectivity index (χ1v) is 3.59. The average Bonchev–Trinajstić information content (AvgIpc) is 2.54. The summed E-state index contributed by atoms with van der Waals surface area (Å²) in [6, 6.07) is 3.06. The lowest BCUT2D eigenvalue weighted by atomic mass is 10.4. The monoisotopic (exact) mass is 179 g/mol. The van der Waals surface area contributed by atoms with Gasteiger partial charge in [0.2, 0.25) is 0 Å². The Morgan fingerprint density at radius 2 is 2.54 bits per heavy atom. The van der Waals surface area contributed by atoms with Crippen molar-refractivity contribution in [2.24, 2.45) is 0 Å². The molecule has 2 aromatic heterocycles. The summed E-state index contributed by atoms with van der Waals surface area (Å²) in [6.45, 7) is -2.53. The Bertz CT molecular complexity index is 572. The summed E-state index contributed by atoms with van der Waals surface area (Å²) in [5.74, 6) is 0.305. The van der Waals surface area contributed by atoms with Gasteiger partial charge in [0, 0.05) is 10.3 Å². The largest absolute Gasteiger partial charge is 0.384 e. The molecule has 4 nitrogen and oxygen atoms in total. The van der Waals surface area contributed by atoms with Crippen molar-refractivity contribution < 1.29 is 6.85 Å².